The van der Waals surface area contributed by atoms with E-state index < -0.39 is 11.9 Å². The predicted octanol–water partition coefficient (Wildman–Crippen LogP) is 0.0272. The van der Waals surface area contributed by atoms with Crippen molar-refractivity contribution in [1.29, 1.82) is 0 Å². The summed E-state index contributed by atoms with van der Waals surface area (Å²) in [6, 6.07) is -0.575. The lowest BCUT2D eigenvalue weighted by Gasteiger charge is -2.22. The molecule has 0 rings (SSSR count). The average Bonchev–Trinajstić information content (AvgIpc) is 1.97. The standard InChI is InChI=1S/C7H12N2O2/c1-2-3-9-6(5-10)4-7(8)11/h5-6H,1-4H2,(H2,8,11)/t6-/m1/s1. The molecule has 0 aromatic rings. The van der Waals surface area contributed by atoms with E-state index >= 15 is 0 Å². The topological polar surface area (TPSA) is 74.3 Å². The Morgan fingerprint density at radius 3 is 2.73 bits per heavy atom. The first-order chi connectivity index (χ1) is 5.20. The van der Waals surface area contributed by atoms with Crippen LogP contribution in [0.1, 0.15) is 12.8 Å². The maximum absolute atomic E-state index is 10.3. The van der Waals surface area contributed by atoms with E-state index in [0.29, 0.717) is 19.3 Å². The van der Waals surface area contributed by atoms with Crippen LogP contribution in [0.5, 0.6) is 0 Å². The Labute approximate surface area is 66.1 Å². The Kier molecular flexibility index (Phi) is 5.20. The van der Waals surface area contributed by atoms with Crippen molar-refractivity contribution >= 4 is 12.2 Å². The fourth-order valence-electron chi connectivity index (χ4n) is 0.619. The van der Waals surface area contributed by atoms with E-state index in [1.807, 2.05) is 0 Å². The van der Waals surface area contributed by atoms with Crippen LogP contribution in [0.25, 0.3) is 5.32 Å². The minimum Gasteiger partial charge on any atom is -0.650 e. The second kappa shape index (κ2) is 5.73. The highest BCUT2D eigenvalue weighted by Crippen LogP contribution is 2.02. The molecule has 0 unspecified atom stereocenters. The van der Waals surface area contributed by atoms with Gasteiger partial charge in [0.05, 0.1) is 13.3 Å². The number of carbonyl (C=O) groups is 2. The van der Waals surface area contributed by atoms with E-state index in [1.54, 1.807) is 0 Å². The van der Waals surface area contributed by atoms with Crippen molar-refractivity contribution in [1.82, 2.24) is 0 Å². The summed E-state index contributed by atoms with van der Waals surface area (Å²) in [5.74, 6) is -0.505. The van der Waals surface area contributed by atoms with Crippen LogP contribution < -0.4 is 5.73 Å². The van der Waals surface area contributed by atoms with E-state index in [9.17, 15) is 9.59 Å². The van der Waals surface area contributed by atoms with Crippen molar-refractivity contribution in [2.45, 2.75) is 18.9 Å². The summed E-state index contributed by atoms with van der Waals surface area (Å²) in [4.78, 5) is 20.5. The van der Waals surface area contributed by atoms with Crippen LogP contribution in [0.2, 0.25) is 0 Å². The third-order valence-electron chi connectivity index (χ3n) is 1.09. The molecule has 0 heterocycles. The van der Waals surface area contributed by atoms with Gasteiger partial charge in [-0.05, 0) is 0 Å². The van der Waals surface area contributed by atoms with Gasteiger partial charge in [-0.3, -0.25) is 4.79 Å². The molecule has 62 valence electrons. The zero-order valence-electron chi connectivity index (χ0n) is 6.32. The van der Waals surface area contributed by atoms with Crippen molar-refractivity contribution in [3.63, 3.8) is 0 Å². The van der Waals surface area contributed by atoms with Gasteiger partial charge in [-0.2, -0.15) is 0 Å². The first-order valence-corrected chi connectivity index (χ1v) is 3.40. The molecule has 0 aliphatic carbocycles. The summed E-state index contributed by atoms with van der Waals surface area (Å²) in [6.45, 7) is 4.04. The van der Waals surface area contributed by atoms with Crippen molar-refractivity contribution in [3.8, 4) is 0 Å². The van der Waals surface area contributed by atoms with Gasteiger partial charge in [-0.1, -0.05) is 6.04 Å². The van der Waals surface area contributed by atoms with Crippen LogP contribution in [-0.4, -0.2) is 24.8 Å². The highest BCUT2D eigenvalue weighted by Gasteiger charge is 1.99. The molecular formula is C7H12N2O2. The van der Waals surface area contributed by atoms with E-state index in [0.717, 1.165) is 0 Å². The van der Waals surface area contributed by atoms with Gasteiger partial charge >= 0.3 is 0 Å². The smallest absolute Gasteiger partial charge is 0.216 e. The molecule has 0 saturated heterocycles. The van der Waals surface area contributed by atoms with Crippen LogP contribution in [0.15, 0.2) is 0 Å². The molecule has 0 spiro atoms. The van der Waals surface area contributed by atoms with Gasteiger partial charge in [-0.25, -0.2) is 0 Å². The lowest BCUT2D eigenvalue weighted by atomic mass is 10.2. The largest absolute Gasteiger partial charge is 0.650 e. The molecule has 0 aromatic carbocycles. The molecular weight excluding hydrogens is 144 g/mol. The third-order valence-corrected chi connectivity index (χ3v) is 1.09. The Morgan fingerprint density at radius 1 is 1.73 bits per heavy atom. The maximum Gasteiger partial charge on any atom is 0.216 e. The first kappa shape index (κ1) is 9.97. The molecule has 4 nitrogen and oxygen atoms in total. The maximum atomic E-state index is 10.3. The van der Waals surface area contributed by atoms with Gasteiger partial charge in [0.2, 0.25) is 5.91 Å². The Hall–Kier alpha value is -1.03. The number of nitrogens with zero attached hydrogens (tertiary/aromatic N) is 1. The number of nitrogens with two attached hydrogens (primary N) is 1. The molecule has 0 saturated carbocycles. The molecule has 11 heavy (non-hydrogen) atoms. The fourth-order valence-corrected chi connectivity index (χ4v) is 0.619. The molecule has 4 heteroatoms. The summed E-state index contributed by atoms with van der Waals surface area (Å²) in [5, 5.41) is 3.87. The number of rotatable bonds is 6. The Bertz CT molecular complexity index is 136. The lowest BCUT2D eigenvalue weighted by Crippen LogP contribution is -2.21. The number of amides is 1. The summed E-state index contributed by atoms with van der Waals surface area (Å²) < 4.78 is 0. The Balaban J connectivity index is 3.57. The van der Waals surface area contributed by atoms with Crippen LogP contribution in [0.4, 0.5) is 0 Å². The number of aldehydes is 1. The minimum absolute atomic E-state index is 0.00347. The molecule has 0 aliphatic rings. The zero-order valence-corrected chi connectivity index (χ0v) is 6.32. The monoisotopic (exact) mass is 156 g/mol. The zero-order chi connectivity index (χ0) is 8.69. The molecule has 0 aliphatic heterocycles. The van der Waals surface area contributed by atoms with Gasteiger partial charge in [0.15, 0.2) is 0 Å². The molecule has 1 amide bonds. The van der Waals surface area contributed by atoms with Crippen molar-refractivity contribution in [3.05, 3.63) is 12.2 Å². The SMILES string of the molecule is [CH2+]CC[N-][C@@H](C=O)CC(N)=O. The van der Waals surface area contributed by atoms with Crippen molar-refractivity contribution in [2.24, 2.45) is 5.73 Å². The quantitative estimate of drug-likeness (QED) is 0.435. The molecule has 0 fully saturated rings. The number of hydrogen-bond donors (Lipinski definition) is 1. The van der Waals surface area contributed by atoms with Gasteiger partial charge < -0.3 is 15.8 Å². The number of hydrogen-bond acceptors (Lipinski definition) is 2. The highest BCUT2D eigenvalue weighted by molar-refractivity contribution is 5.79. The van der Waals surface area contributed by atoms with E-state index in [2.05, 4.69) is 12.2 Å². The summed E-state index contributed by atoms with van der Waals surface area (Å²) in [7, 11) is 0. The van der Waals surface area contributed by atoms with Crippen molar-refractivity contribution < 1.29 is 9.59 Å². The third kappa shape index (κ3) is 5.42. The Morgan fingerprint density at radius 2 is 2.36 bits per heavy atom. The normalized spacial score (nSPS) is 12.4. The molecule has 2 N–H and O–H groups in total. The van der Waals surface area contributed by atoms with Crippen LogP contribution in [0, 0.1) is 6.92 Å². The van der Waals surface area contributed by atoms with Crippen molar-refractivity contribution in [2.75, 3.05) is 6.54 Å². The van der Waals surface area contributed by atoms with Gasteiger partial charge in [0, 0.05) is 6.42 Å². The second-order valence-electron chi connectivity index (χ2n) is 2.13. The summed E-state index contributed by atoms with van der Waals surface area (Å²) in [6.07, 6.45) is 1.26. The molecule has 1 atom stereocenters. The minimum atomic E-state index is -0.575. The van der Waals surface area contributed by atoms with E-state index in [4.69, 9.17) is 5.73 Å². The van der Waals surface area contributed by atoms with Crippen LogP contribution >= 0.6 is 0 Å². The number of primary amides is 1. The fraction of sp³-hybridized carbons (Fsp3) is 0.571. The van der Waals surface area contributed by atoms with Gasteiger partial charge in [0.1, 0.15) is 6.29 Å². The molecule has 0 radical (unpaired) electrons. The average molecular weight is 156 g/mol. The predicted molar refractivity (Wildman–Crippen MR) is 41.9 cm³/mol. The van der Waals surface area contributed by atoms with Crippen LogP contribution in [0.3, 0.4) is 0 Å². The second-order valence-corrected chi connectivity index (χ2v) is 2.13. The van der Waals surface area contributed by atoms with Gasteiger partial charge in [-0.15, -0.1) is 6.54 Å². The number of carbonyl (C=O) groups excluding carboxylic acids is 2. The first-order valence-electron chi connectivity index (χ1n) is 3.40. The highest BCUT2D eigenvalue weighted by atomic mass is 16.1. The molecule has 0 aromatic heterocycles. The molecule has 0 bridgehead atoms. The van der Waals surface area contributed by atoms with Gasteiger partial charge in [0.25, 0.3) is 0 Å². The summed E-state index contributed by atoms with van der Waals surface area (Å²) >= 11 is 0. The lowest BCUT2D eigenvalue weighted by molar-refractivity contribution is -0.120. The van der Waals surface area contributed by atoms with Crippen LogP contribution in [-0.2, 0) is 9.59 Å². The van der Waals surface area contributed by atoms with E-state index in [-0.39, 0.29) is 6.42 Å². The summed E-state index contributed by atoms with van der Waals surface area (Å²) in [5.41, 5.74) is 4.87. The van der Waals surface area contributed by atoms with E-state index in [1.165, 1.54) is 0 Å².